The van der Waals surface area contributed by atoms with Crippen molar-refractivity contribution in [1.29, 1.82) is 0 Å². The van der Waals surface area contributed by atoms with Crippen LogP contribution in [0.5, 0.6) is 5.75 Å². The van der Waals surface area contributed by atoms with Crippen molar-refractivity contribution < 1.29 is 16.8 Å². The summed E-state index contributed by atoms with van der Waals surface area (Å²) < 4.78 is 21.2. The molecule has 1 amide bonds. The number of nitrogens with zero attached hydrogens (tertiary/aromatic N) is 3. The Morgan fingerprint density at radius 2 is 2.22 bits per heavy atom. The lowest BCUT2D eigenvalue weighted by Crippen LogP contribution is -2.25. The lowest BCUT2D eigenvalue weighted by Gasteiger charge is -2.28. The molecule has 144 valence electrons. The molecule has 1 fully saturated rings. The second-order valence-electron chi connectivity index (χ2n) is 6.72. The predicted molar refractivity (Wildman–Crippen MR) is 102 cm³/mol. The second kappa shape index (κ2) is 6.86. The number of rotatable bonds is 6. The highest BCUT2D eigenvalue weighted by molar-refractivity contribution is 5.91. The number of carbonyl (C=O) groups is 1. The van der Waals surface area contributed by atoms with Gasteiger partial charge in [0.1, 0.15) is 23.1 Å². The van der Waals surface area contributed by atoms with Gasteiger partial charge >= 0.3 is 0 Å². The highest BCUT2D eigenvalue weighted by atomic mass is 19.1. The minimum absolute atomic E-state index is 0. The first-order valence-corrected chi connectivity index (χ1v) is 8.88. The second-order valence-corrected chi connectivity index (χ2v) is 6.72. The molecule has 3 N–H and O–H groups in total. The van der Waals surface area contributed by atoms with Crippen molar-refractivity contribution in [2.24, 2.45) is 5.73 Å². The van der Waals surface area contributed by atoms with Crippen LogP contribution in [-0.2, 0) is 0 Å². The Morgan fingerprint density at radius 1 is 1.41 bits per heavy atom. The zero-order chi connectivity index (χ0) is 19.0. The fraction of sp³-hybridized carbons (Fsp3) is 0.316. The molecule has 1 atom stereocenters. The van der Waals surface area contributed by atoms with Gasteiger partial charge in [-0.1, -0.05) is 0 Å². The number of amides is 1. The van der Waals surface area contributed by atoms with E-state index in [4.69, 9.17) is 10.5 Å². The number of halogens is 1. The normalized spacial score (nSPS) is 15.3. The van der Waals surface area contributed by atoms with E-state index < -0.39 is 5.91 Å². The Bertz CT molecular complexity index is 1010. The highest BCUT2D eigenvalue weighted by Gasteiger charge is 2.22. The number of nitrogens with one attached hydrogen (secondary N) is 1. The first kappa shape index (κ1) is 17.3. The Hall–Kier alpha value is -3.16. The molecule has 0 spiro atoms. The number of anilines is 1. The predicted octanol–water partition coefficient (Wildman–Crippen LogP) is 3.56. The summed E-state index contributed by atoms with van der Waals surface area (Å²) in [5.74, 6) is 0.243. The number of hydrogen-bond donors (Lipinski definition) is 2. The topological polar surface area (TPSA) is 94.5 Å². The fourth-order valence-corrected chi connectivity index (χ4v) is 3.05. The van der Waals surface area contributed by atoms with Crippen molar-refractivity contribution in [3.05, 3.63) is 53.6 Å². The molecule has 1 saturated carbocycles. The van der Waals surface area contributed by atoms with Gasteiger partial charge in [0.05, 0.1) is 18.3 Å². The summed E-state index contributed by atoms with van der Waals surface area (Å²) in [6.07, 6.45) is 4.78. The van der Waals surface area contributed by atoms with Gasteiger partial charge in [-0.25, -0.2) is 13.9 Å². The van der Waals surface area contributed by atoms with E-state index in [-0.39, 0.29) is 26.5 Å². The summed E-state index contributed by atoms with van der Waals surface area (Å²) in [6, 6.07) is 7.75. The maximum Gasteiger partial charge on any atom is 0.269 e. The van der Waals surface area contributed by atoms with Gasteiger partial charge in [0.2, 0.25) is 0 Å². The smallest absolute Gasteiger partial charge is 0.269 e. The summed E-state index contributed by atoms with van der Waals surface area (Å²) in [4.78, 5) is 15.6. The maximum atomic E-state index is 13.8. The molecule has 0 bridgehead atoms. The van der Waals surface area contributed by atoms with Gasteiger partial charge in [0.25, 0.3) is 5.91 Å². The van der Waals surface area contributed by atoms with Crippen molar-refractivity contribution in [3.8, 4) is 5.75 Å². The van der Waals surface area contributed by atoms with Crippen LogP contribution in [0, 0.1) is 5.82 Å². The minimum atomic E-state index is -0.610. The standard InChI is InChI=1S/C19H20FN5O2.2H2/c1-11(14-9-12(20)5-6-16(14)27-13-3-2-4-13)23-17-7-8-18-22-10-15(19(21)26)25(18)24-17;;/h5-11,13H,2-4H2,1H3,(H2,21,26)(H,23,24);2*1H/t11-;;/m1../s1. The first-order valence-electron chi connectivity index (χ1n) is 8.88. The van der Waals surface area contributed by atoms with Crippen LogP contribution in [0.2, 0.25) is 0 Å². The third-order valence-corrected chi connectivity index (χ3v) is 4.76. The number of hydrogen-bond acceptors (Lipinski definition) is 5. The SMILES string of the molecule is C[C@@H](Nc1ccc2ncc(C(N)=O)n2n1)c1cc(F)ccc1OC1CCC1.[HH].[HH]. The van der Waals surface area contributed by atoms with Gasteiger partial charge in [-0.15, -0.1) is 5.10 Å². The Labute approximate surface area is 158 Å². The van der Waals surface area contributed by atoms with Crippen molar-refractivity contribution in [2.75, 3.05) is 5.32 Å². The number of fused-ring (bicyclic) bond motifs is 1. The van der Waals surface area contributed by atoms with Crippen LogP contribution in [-0.4, -0.2) is 26.6 Å². The molecular weight excluding hydrogens is 349 g/mol. The molecule has 0 unspecified atom stereocenters. The Kier molecular flexibility index (Phi) is 4.39. The van der Waals surface area contributed by atoms with Crippen molar-refractivity contribution >= 4 is 17.4 Å². The lowest BCUT2D eigenvalue weighted by atomic mass is 9.96. The van der Waals surface area contributed by atoms with Gasteiger partial charge in [-0.3, -0.25) is 4.79 Å². The Balaban J connectivity index is 0.00000150. The van der Waals surface area contributed by atoms with Crippen LogP contribution in [0.3, 0.4) is 0 Å². The summed E-state index contributed by atoms with van der Waals surface area (Å²) in [7, 11) is 0. The highest BCUT2D eigenvalue weighted by Crippen LogP contribution is 2.32. The van der Waals surface area contributed by atoms with Crippen molar-refractivity contribution in [1.82, 2.24) is 14.6 Å². The van der Waals surface area contributed by atoms with Crippen LogP contribution in [0.15, 0.2) is 36.5 Å². The van der Waals surface area contributed by atoms with Crippen molar-refractivity contribution in [3.63, 3.8) is 0 Å². The summed E-state index contributed by atoms with van der Waals surface area (Å²) >= 11 is 0. The number of imidazole rings is 1. The van der Waals surface area contributed by atoms with Gasteiger partial charge in [0, 0.05) is 8.42 Å². The van der Waals surface area contributed by atoms with E-state index in [2.05, 4.69) is 15.4 Å². The van der Waals surface area contributed by atoms with E-state index in [0.717, 1.165) is 19.3 Å². The van der Waals surface area contributed by atoms with Crippen LogP contribution in [0.1, 0.15) is 51.1 Å². The molecule has 4 rings (SSSR count). The van der Waals surface area contributed by atoms with E-state index in [1.165, 1.54) is 22.8 Å². The zero-order valence-electron chi connectivity index (χ0n) is 14.9. The number of ether oxygens (including phenoxy) is 1. The average molecular weight is 373 g/mol. The number of primary amides is 1. The molecule has 0 radical (unpaired) electrons. The molecule has 1 aromatic carbocycles. The quantitative estimate of drug-likeness (QED) is 0.689. The van der Waals surface area contributed by atoms with Gasteiger partial charge < -0.3 is 15.8 Å². The van der Waals surface area contributed by atoms with Gasteiger partial charge in [-0.05, 0) is 56.5 Å². The number of carbonyl (C=O) groups excluding carboxylic acids is 1. The van der Waals surface area contributed by atoms with Crippen LogP contribution >= 0.6 is 0 Å². The number of benzene rings is 1. The monoisotopic (exact) mass is 373 g/mol. The molecule has 7 nitrogen and oxygen atoms in total. The fourth-order valence-electron chi connectivity index (χ4n) is 3.05. The minimum Gasteiger partial charge on any atom is -0.490 e. The molecular formula is C19H24FN5O2. The average Bonchev–Trinajstić information content (AvgIpc) is 3.02. The molecule has 0 aliphatic heterocycles. The van der Waals surface area contributed by atoms with E-state index in [1.807, 2.05) is 6.92 Å². The van der Waals surface area contributed by atoms with E-state index in [0.29, 0.717) is 22.8 Å². The molecule has 3 aromatic rings. The summed E-state index contributed by atoms with van der Waals surface area (Å²) in [5, 5.41) is 7.59. The van der Waals surface area contributed by atoms with Crippen LogP contribution in [0.4, 0.5) is 10.2 Å². The third-order valence-electron chi connectivity index (χ3n) is 4.76. The Morgan fingerprint density at radius 3 is 2.93 bits per heavy atom. The first-order chi connectivity index (χ1) is 13.0. The molecule has 2 aromatic heterocycles. The number of aromatic nitrogens is 3. The third kappa shape index (κ3) is 3.42. The van der Waals surface area contributed by atoms with E-state index in [9.17, 15) is 9.18 Å². The van der Waals surface area contributed by atoms with E-state index >= 15 is 0 Å². The molecule has 8 heteroatoms. The lowest BCUT2D eigenvalue weighted by molar-refractivity contribution is 0.0993. The summed E-state index contributed by atoms with van der Waals surface area (Å²) in [5.41, 5.74) is 6.77. The molecule has 27 heavy (non-hydrogen) atoms. The van der Waals surface area contributed by atoms with E-state index in [1.54, 1.807) is 18.2 Å². The molecule has 1 aliphatic carbocycles. The molecule has 1 aliphatic rings. The van der Waals surface area contributed by atoms with Gasteiger partial charge in [0.15, 0.2) is 5.65 Å². The molecule has 2 heterocycles. The van der Waals surface area contributed by atoms with Crippen LogP contribution < -0.4 is 15.8 Å². The number of nitrogens with two attached hydrogens (primary N) is 1. The zero-order valence-corrected chi connectivity index (χ0v) is 14.9. The largest absolute Gasteiger partial charge is 0.490 e. The van der Waals surface area contributed by atoms with Crippen LogP contribution in [0.25, 0.3) is 5.65 Å². The maximum absolute atomic E-state index is 13.8. The van der Waals surface area contributed by atoms with Gasteiger partial charge in [-0.2, -0.15) is 0 Å². The molecule has 0 saturated heterocycles. The van der Waals surface area contributed by atoms with Crippen molar-refractivity contribution in [2.45, 2.75) is 38.3 Å². The summed E-state index contributed by atoms with van der Waals surface area (Å²) in [6.45, 7) is 1.90.